The maximum atomic E-state index is 11.1. The smallest absolute Gasteiger partial charge is 0.309 e. The first-order valence-corrected chi connectivity index (χ1v) is 6.16. The van der Waals surface area contributed by atoms with Crippen LogP contribution in [-0.4, -0.2) is 16.1 Å². The highest BCUT2D eigenvalue weighted by molar-refractivity contribution is 5.74. The minimum Gasteiger partial charge on any atom is -0.481 e. The highest BCUT2D eigenvalue weighted by atomic mass is 16.4. The van der Waals surface area contributed by atoms with Gasteiger partial charge in [-0.2, -0.15) is 0 Å². The van der Waals surface area contributed by atoms with Crippen molar-refractivity contribution in [3.05, 3.63) is 29.7 Å². The number of benzene rings is 1. The molecule has 2 aromatic rings. The van der Waals surface area contributed by atoms with Gasteiger partial charge in [0, 0.05) is 13.0 Å². The summed E-state index contributed by atoms with van der Waals surface area (Å²) in [6.45, 7) is 5.13. The van der Waals surface area contributed by atoms with Crippen molar-refractivity contribution in [3.63, 3.8) is 0 Å². The maximum Gasteiger partial charge on any atom is 0.309 e. The monoisotopic (exact) mass is 262 g/mol. The molecule has 1 aromatic carbocycles. The Kier molecular flexibility index (Phi) is 3.32. The summed E-state index contributed by atoms with van der Waals surface area (Å²) in [5, 5.41) is 9.13. The molecule has 0 radical (unpaired) electrons. The molecule has 0 saturated carbocycles. The molecule has 0 aliphatic rings. The van der Waals surface area contributed by atoms with Crippen LogP contribution in [0.2, 0.25) is 0 Å². The van der Waals surface area contributed by atoms with E-state index < -0.39 is 11.4 Å². The zero-order chi connectivity index (χ0) is 14.2. The van der Waals surface area contributed by atoms with Crippen molar-refractivity contribution in [2.75, 3.05) is 0 Å². The van der Waals surface area contributed by atoms with Crippen molar-refractivity contribution in [2.45, 2.75) is 33.2 Å². The van der Waals surface area contributed by atoms with Gasteiger partial charge in [-0.05, 0) is 38.0 Å². The Morgan fingerprint density at radius 3 is 2.84 bits per heavy atom. The van der Waals surface area contributed by atoms with Crippen molar-refractivity contribution < 1.29 is 14.3 Å². The van der Waals surface area contributed by atoms with E-state index in [1.807, 2.05) is 18.2 Å². The molecule has 0 amide bonds. The van der Waals surface area contributed by atoms with E-state index in [2.05, 4.69) is 4.98 Å². The Labute approximate surface area is 111 Å². The summed E-state index contributed by atoms with van der Waals surface area (Å²) in [7, 11) is 0. The second-order valence-electron chi connectivity index (χ2n) is 5.46. The van der Waals surface area contributed by atoms with Gasteiger partial charge >= 0.3 is 5.97 Å². The zero-order valence-electron chi connectivity index (χ0n) is 11.3. The van der Waals surface area contributed by atoms with E-state index in [0.717, 1.165) is 11.1 Å². The SMILES string of the molecule is Cc1nc2ccc(C(N)CC(C)(C)C(=O)O)cc2o1. The third kappa shape index (κ3) is 2.76. The fraction of sp³-hybridized carbons (Fsp3) is 0.429. The average Bonchev–Trinajstić information content (AvgIpc) is 2.66. The Morgan fingerprint density at radius 1 is 1.53 bits per heavy atom. The van der Waals surface area contributed by atoms with Crippen molar-refractivity contribution in [1.29, 1.82) is 0 Å². The van der Waals surface area contributed by atoms with Gasteiger partial charge in [0.2, 0.25) is 0 Å². The number of carboxylic acids is 1. The summed E-state index contributed by atoms with van der Waals surface area (Å²) in [6, 6.07) is 5.19. The summed E-state index contributed by atoms with van der Waals surface area (Å²) >= 11 is 0. The first-order chi connectivity index (χ1) is 8.79. The molecule has 1 atom stereocenters. The molecule has 0 saturated heterocycles. The molecule has 5 nitrogen and oxygen atoms in total. The van der Waals surface area contributed by atoms with Crippen LogP contribution in [0.4, 0.5) is 0 Å². The normalized spacial score (nSPS) is 13.7. The van der Waals surface area contributed by atoms with E-state index >= 15 is 0 Å². The Balaban J connectivity index is 2.26. The lowest BCUT2D eigenvalue weighted by atomic mass is 9.84. The lowest BCUT2D eigenvalue weighted by Crippen LogP contribution is -2.28. The van der Waals surface area contributed by atoms with Gasteiger partial charge in [-0.25, -0.2) is 4.98 Å². The third-order valence-corrected chi connectivity index (χ3v) is 3.26. The van der Waals surface area contributed by atoms with E-state index in [1.54, 1.807) is 20.8 Å². The van der Waals surface area contributed by atoms with Crippen molar-refractivity contribution in [1.82, 2.24) is 4.98 Å². The standard InChI is InChI=1S/C14H18N2O3/c1-8-16-11-5-4-9(6-12(11)19-8)10(15)7-14(2,3)13(17)18/h4-6,10H,7,15H2,1-3H3,(H,17,18). The topological polar surface area (TPSA) is 89.3 Å². The van der Waals surface area contributed by atoms with Gasteiger partial charge in [-0.1, -0.05) is 6.07 Å². The van der Waals surface area contributed by atoms with Crippen LogP contribution in [0, 0.1) is 12.3 Å². The largest absolute Gasteiger partial charge is 0.481 e. The molecule has 1 heterocycles. The van der Waals surface area contributed by atoms with E-state index in [0.29, 0.717) is 17.9 Å². The van der Waals surface area contributed by atoms with E-state index in [1.165, 1.54) is 0 Å². The number of aromatic nitrogens is 1. The summed E-state index contributed by atoms with van der Waals surface area (Å²) in [5.74, 6) is -0.244. The number of aryl methyl sites for hydroxylation is 1. The van der Waals surface area contributed by atoms with Gasteiger partial charge < -0.3 is 15.3 Å². The number of carboxylic acid groups (broad SMARTS) is 1. The van der Waals surface area contributed by atoms with Gasteiger partial charge in [-0.3, -0.25) is 4.79 Å². The number of fused-ring (bicyclic) bond motifs is 1. The minimum absolute atomic E-state index is 0.346. The van der Waals surface area contributed by atoms with Crippen LogP contribution >= 0.6 is 0 Å². The molecule has 3 N–H and O–H groups in total. The summed E-state index contributed by atoms with van der Waals surface area (Å²) in [4.78, 5) is 15.3. The number of nitrogens with zero attached hydrogens (tertiary/aromatic N) is 1. The fourth-order valence-electron chi connectivity index (χ4n) is 2.04. The zero-order valence-corrected chi connectivity index (χ0v) is 11.3. The fourth-order valence-corrected chi connectivity index (χ4v) is 2.04. The number of carbonyl (C=O) groups is 1. The lowest BCUT2D eigenvalue weighted by Gasteiger charge is -2.23. The quantitative estimate of drug-likeness (QED) is 0.884. The average molecular weight is 262 g/mol. The Hall–Kier alpha value is -1.88. The van der Waals surface area contributed by atoms with Crippen LogP contribution in [0.15, 0.2) is 22.6 Å². The molecule has 0 spiro atoms. The molecule has 19 heavy (non-hydrogen) atoms. The van der Waals surface area contributed by atoms with Gasteiger partial charge in [0.05, 0.1) is 5.41 Å². The van der Waals surface area contributed by atoms with Crippen LogP contribution in [0.5, 0.6) is 0 Å². The van der Waals surface area contributed by atoms with Crippen LogP contribution in [-0.2, 0) is 4.79 Å². The number of oxazole rings is 1. The van der Waals surface area contributed by atoms with Crippen LogP contribution in [0.3, 0.4) is 0 Å². The highest BCUT2D eigenvalue weighted by Crippen LogP contribution is 2.30. The Bertz CT molecular complexity index is 616. The molecule has 0 aliphatic carbocycles. The number of nitrogens with two attached hydrogens (primary N) is 1. The highest BCUT2D eigenvalue weighted by Gasteiger charge is 2.30. The molecule has 5 heteroatoms. The van der Waals surface area contributed by atoms with E-state index in [9.17, 15) is 4.79 Å². The molecule has 102 valence electrons. The third-order valence-electron chi connectivity index (χ3n) is 3.26. The van der Waals surface area contributed by atoms with Gasteiger partial charge in [0.25, 0.3) is 0 Å². The van der Waals surface area contributed by atoms with Crippen molar-refractivity contribution in [3.8, 4) is 0 Å². The van der Waals surface area contributed by atoms with Crippen LogP contribution in [0.25, 0.3) is 11.1 Å². The molecule has 0 aliphatic heterocycles. The van der Waals surface area contributed by atoms with Crippen LogP contribution in [0.1, 0.15) is 37.8 Å². The Morgan fingerprint density at radius 2 is 2.21 bits per heavy atom. The molecule has 1 unspecified atom stereocenters. The second kappa shape index (κ2) is 4.66. The summed E-state index contributed by atoms with van der Waals surface area (Å²) < 4.78 is 5.45. The first-order valence-electron chi connectivity index (χ1n) is 6.16. The molecule has 0 fully saturated rings. The van der Waals surface area contributed by atoms with Crippen molar-refractivity contribution in [2.24, 2.45) is 11.1 Å². The molecular formula is C14H18N2O3. The van der Waals surface area contributed by atoms with Crippen LogP contribution < -0.4 is 5.73 Å². The molecule has 2 rings (SSSR count). The van der Waals surface area contributed by atoms with Gasteiger partial charge in [0.1, 0.15) is 5.52 Å². The molecule has 0 bridgehead atoms. The molecule has 1 aromatic heterocycles. The van der Waals surface area contributed by atoms with Gasteiger partial charge in [0.15, 0.2) is 11.5 Å². The predicted molar refractivity (Wildman–Crippen MR) is 71.7 cm³/mol. The summed E-state index contributed by atoms with van der Waals surface area (Å²) in [5.41, 5.74) is 7.56. The number of hydrogen-bond acceptors (Lipinski definition) is 4. The van der Waals surface area contributed by atoms with Crippen molar-refractivity contribution >= 4 is 17.1 Å². The van der Waals surface area contributed by atoms with E-state index in [4.69, 9.17) is 15.3 Å². The number of aliphatic carboxylic acids is 1. The lowest BCUT2D eigenvalue weighted by molar-refractivity contribution is -0.147. The van der Waals surface area contributed by atoms with Gasteiger partial charge in [-0.15, -0.1) is 0 Å². The molecular weight excluding hydrogens is 244 g/mol. The van der Waals surface area contributed by atoms with E-state index in [-0.39, 0.29) is 6.04 Å². The maximum absolute atomic E-state index is 11.1. The number of hydrogen-bond donors (Lipinski definition) is 2. The minimum atomic E-state index is -0.855. The second-order valence-corrected chi connectivity index (χ2v) is 5.46. The summed E-state index contributed by atoms with van der Waals surface area (Å²) in [6.07, 6.45) is 0.362. The predicted octanol–water partition coefficient (Wildman–Crippen LogP) is 2.64. The first kappa shape index (κ1) is 13.5. The number of rotatable bonds is 4.